The Labute approximate surface area is 190 Å². The monoisotopic (exact) mass is 447 g/mol. The van der Waals surface area contributed by atoms with Crippen LogP contribution in [0.5, 0.6) is 0 Å². The average molecular weight is 448 g/mol. The third kappa shape index (κ3) is 3.73. The highest BCUT2D eigenvalue weighted by molar-refractivity contribution is 6.30. The zero-order chi connectivity index (χ0) is 21.4. The smallest absolute Gasteiger partial charge is 0.273 e. The third-order valence-electron chi connectivity index (χ3n) is 5.65. The van der Waals surface area contributed by atoms with Crippen molar-refractivity contribution in [2.45, 2.75) is 12.5 Å². The zero-order valence-corrected chi connectivity index (χ0v) is 18.1. The van der Waals surface area contributed by atoms with Crippen LogP contribution in [0.3, 0.4) is 0 Å². The molecule has 0 fully saturated rings. The lowest BCUT2D eigenvalue weighted by Gasteiger charge is -2.26. The van der Waals surface area contributed by atoms with E-state index in [1.165, 1.54) is 5.56 Å². The lowest BCUT2D eigenvalue weighted by Crippen LogP contribution is -2.31. The molecular weight excluding hydrogens is 429 g/mol. The molecule has 1 aromatic heterocycles. The van der Waals surface area contributed by atoms with E-state index >= 15 is 0 Å². The van der Waals surface area contributed by atoms with Gasteiger partial charge in [-0.3, -0.25) is 9.89 Å². The van der Waals surface area contributed by atoms with Crippen LogP contribution in [0.15, 0.2) is 78.9 Å². The maximum Gasteiger partial charge on any atom is 0.273 e. The van der Waals surface area contributed by atoms with E-state index in [4.69, 9.17) is 23.2 Å². The number of carbonyl (C=O) groups excluding carboxylic acids is 1. The standard InChI is InChI=1S/C25H19Cl2N3O/c26-19-10-6-17(7-11-19)22-21-23(29-28-22)25(31)30(15-14-16-4-2-1-3-5-16)24(21)18-8-12-20(27)13-9-18/h1-13,24H,14-15H2,(H,28,29). The number of aromatic amines is 1. The van der Waals surface area contributed by atoms with Crippen molar-refractivity contribution in [2.24, 2.45) is 0 Å². The quantitative estimate of drug-likeness (QED) is 0.397. The van der Waals surface area contributed by atoms with Crippen molar-refractivity contribution in [1.82, 2.24) is 15.1 Å². The lowest BCUT2D eigenvalue weighted by atomic mass is 9.96. The highest BCUT2D eigenvalue weighted by Gasteiger charge is 2.41. The maximum atomic E-state index is 13.4. The number of H-pyrrole nitrogens is 1. The van der Waals surface area contributed by atoms with E-state index in [0.29, 0.717) is 22.3 Å². The molecule has 0 bridgehead atoms. The minimum atomic E-state index is -0.243. The molecule has 154 valence electrons. The van der Waals surface area contributed by atoms with Crippen LogP contribution >= 0.6 is 23.2 Å². The Balaban J connectivity index is 1.57. The number of nitrogens with zero attached hydrogens (tertiary/aromatic N) is 2. The number of hydrogen-bond donors (Lipinski definition) is 1. The van der Waals surface area contributed by atoms with Crippen LogP contribution in [0.2, 0.25) is 10.0 Å². The molecule has 1 N–H and O–H groups in total. The largest absolute Gasteiger partial charge is 0.326 e. The molecule has 0 saturated heterocycles. The number of nitrogens with one attached hydrogen (secondary N) is 1. The third-order valence-corrected chi connectivity index (χ3v) is 6.16. The number of fused-ring (bicyclic) bond motifs is 1. The van der Waals surface area contributed by atoms with Gasteiger partial charge in [-0.1, -0.05) is 77.8 Å². The van der Waals surface area contributed by atoms with Gasteiger partial charge in [0.05, 0.1) is 11.7 Å². The molecule has 2 heterocycles. The summed E-state index contributed by atoms with van der Waals surface area (Å²) in [6.07, 6.45) is 0.769. The fraction of sp³-hybridized carbons (Fsp3) is 0.120. The molecule has 0 spiro atoms. The Hall–Kier alpha value is -3.08. The Morgan fingerprint density at radius 1 is 0.871 bits per heavy atom. The molecule has 5 rings (SSSR count). The van der Waals surface area contributed by atoms with Crippen LogP contribution in [-0.2, 0) is 6.42 Å². The first-order chi connectivity index (χ1) is 15.1. The summed E-state index contributed by atoms with van der Waals surface area (Å²) >= 11 is 12.2. The number of carbonyl (C=O) groups is 1. The fourth-order valence-corrected chi connectivity index (χ4v) is 4.39. The minimum Gasteiger partial charge on any atom is -0.326 e. The van der Waals surface area contributed by atoms with Crippen LogP contribution < -0.4 is 0 Å². The van der Waals surface area contributed by atoms with Crippen molar-refractivity contribution in [3.8, 4) is 11.3 Å². The van der Waals surface area contributed by atoms with Gasteiger partial charge in [0.25, 0.3) is 5.91 Å². The van der Waals surface area contributed by atoms with Gasteiger partial charge >= 0.3 is 0 Å². The van der Waals surface area contributed by atoms with E-state index in [1.54, 1.807) is 0 Å². The summed E-state index contributed by atoms with van der Waals surface area (Å²) in [5.74, 6) is -0.0430. The molecule has 3 aromatic carbocycles. The maximum absolute atomic E-state index is 13.4. The summed E-state index contributed by atoms with van der Waals surface area (Å²) in [5, 5.41) is 8.80. The van der Waals surface area contributed by atoms with Gasteiger partial charge < -0.3 is 4.90 Å². The van der Waals surface area contributed by atoms with Gasteiger partial charge in [0.2, 0.25) is 0 Å². The zero-order valence-electron chi connectivity index (χ0n) is 16.6. The summed E-state index contributed by atoms with van der Waals surface area (Å²) in [6.45, 7) is 0.596. The average Bonchev–Trinajstić information content (AvgIpc) is 3.33. The normalized spacial score (nSPS) is 15.4. The van der Waals surface area contributed by atoms with Gasteiger partial charge in [-0.2, -0.15) is 5.10 Å². The summed E-state index contributed by atoms with van der Waals surface area (Å²) in [7, 11) is 0. The molecule has 1 unspecified atom stereocenters. The predicted molar refractivity (Wildman–Crippen MR) is 124 cm³/mol. The van der Waals surface area contributed by atoms with Gasteiger partial charge in [-0.05, 0) is 41.8 Å². The Morgan fingerprint density at radius 3 is 2.19 bits per heavy atom. The SMILES string of the molecule is O=C1c2[nH]nc(-c3ccc(Cl)cc3)c2C(c2ccc(Cl)cc2)N1CCc1ccccc1. The second kappa shape index (κ2) is 8.22. The van der Waals surface area contributed by atoms with Crippen molar-refractivity contribution < 1.29 is 4.79 Å². The lowest BCUT2D eigenvalue weighted by molar-refractivity contribution is 0.0746. The van der Waals surface area contributed by atoms with Gasteiger partial charge in [0, 0.05) is 27.7 Å². The van der Waals surface area contributed by atoms with Crippen molar-refractivity contribution in [1.29, 1.82) is 0 Å². The Morgan fingerprint density at radius 2 is 1.52 bits per heavy atom. The Bertz CT molecular complexity index is 1220. The summed E-state index contributed by atoms with van der Waals surface area (Å²) in [6, 6.07) is 25.1. The van der Waals surface area contributed by atoms with E-state index < -0.39 is 0 Å². The summed E-state index contributed by atoms with van der Waals surface area (Å²) in [4.78, 5) is 15.3. The van der Waals surface area contributed by atoms with Crippen molar-refractivity contribution >= 4 is 29.1 Å². The second-order valence-electron chi connectivity index (χ2n) is 7.56. The summed E-state index contributed by atoms with van der Waals surface area (Å²) in [5.41, 5.74) is 5.30. The predicted octanol–water partition coefficient (Wildman–Crippen LogP) is 6.17. The van der Waals surface area contributed by atoms with E-state index in [9.17, 15) is 4.79 Å². The molecule has 1 aliphatic heterocycles. The van der Waals surface area contributed by atoms with Crippen LogP contribution in [-0.4, -0.2) is 27.5 Å². The highest BCUT2D eigenvalue weighted by Crippen LogP contribution is 2.43. The van der Waals surface area contributed by atoms with Crippen LogP contribution in [0.4, 0.5) is 0 Å². The summed E-state index contributed by atoms with van der Waals surface area (Å²) < 4.78 is 0. The van der Waals surface area contributed by atoms with E-state index in [2.05, 4.69) is 22.3 Å². The molecule has 1 aliphatic rings. The van der Waals surface area contributed by atoms with Crippen molar-refractivity contribution in [3.63, 3.8) is 0 Å². The number of rotatable bonds is 5. The number of benzene rings is 3. The first kappa shape index (κ1) is 19.9. The van der Waals surface area contributed by atoms with Gasteiger partial charge in [0.1, 0.15) is 5.69 Å². The molecule has 0 saturated carbocycles. The van der Waals surface area contributed by atoms with Gasteiger partial charge in [-0.25, -0.2) is 0 Å². The minimum absolute atomic E-state index is 0.0430. The topological polar surface area (TPSA) is 49.0 Å². The number of amides is 1. The van der Waals surface area contributed by atoms with Gasteiger partial charge in [-0.15, -0.1) is 0 Å². The van der Waals surface area contributed by atoms with Crippen LogP contribution in [0.1, 0.15) is 33.2 Å². The number of aromatic nitrogens is 2. The number of halogens is 2. The molecule has 4 nitrogen and oxygen atoms in total. The van der Waals surface area contributed by atoms with E-state index in [1.807, 2.05) is 71.6 Å². The fourth-order valence-electron chi connectivity index (χ4n) is 4.14. The van der Waals surface area contributed by atoms with Crippen molar-refractivity contribution in [3.05, 3.63) is 111 Å². The number of hydrogen-bond acceptors (Lipinski definition) is 2. The molecule has 6 heteroatoms. The van der Waals surface area contributed by atoms with E-state index in [0.717, 1.165) is 28.8 Å². The van der Waals surface area contributed by atoms with Gasteiger partial charge in [0.15, 0.2) is 0 Å². The van der Waals surface area contributed by atoms with E-state index in [-0.39, 0.29) is 11.9 Å². The molecular formula is C25H19Cl2N3O. The molecule has 0 aliphatic carbocycles. The van der Waals surface area contributed by atoms with Crippen LogP contribution in [0.25, 0.3) is 11.3 Å². The first-order valence-electron chi connectivity index (χ1n) is 10.1. The van der Waals surface area contributed by atoms with Crippen LogP contribution in [0, 0.1) is 0 Å². The molecule has 31 heavy (non-hydrogen) atoms. The van der Waals surface area contributed by atoms with Crippen molar-refractivity contribution in [2.75, 3.05) is 6.54 Å². The molecule has 4 aromatic rings. The molecule has 1 amide bonds. The molecule has 1 atom stereocenters. The Kier molecular flexibility index (Phi) is 5.26. The molecule has 0 radical (unpaired) electrons. The highest BCUT2D eigenvalue weighted by atomic mass is 35.5. The second-order valence-corrected chi connectivity index (χ2v) is 8.43. The first-order valence-corrected chi connectivity index (χ1v) is 10.8.